The van der Waals surface area contributed by atoms with Crippen molar-refractivity contribution < 1.29 is 22.7 Å². The number of rotatable bonds is 5. The Bertz CT molecular complexity index is 525. The van der Waals surface area contributed by atoms with Crippen LogP contribution in [0.15, 0.2) is 16.9 Å². The summed E-state index contributed by atoms with van der Waals surface area (Å²) >= 11 is 3.22. The fourth-order valence-electron chi connectivity index (χ4n) is 2.40. The smallest absolute Gasteiger partial charge is 0.389 e. The number of halogens is 4. The van der Waals surface area contributed by atoms with Crippen LogP contribution in [0.1, 0.15) is 25.7 Å². The molecule has 1 atom stereocenters. The van der Waals surface area contributed by atoms with Crippen molar-refractivity contribution in [1.29, 1.82) is 0 Å². The minimum absolute atomic E-state index is 0.0748. The minimum atomic E-state index is -4.30. The second-order valence-electron chi connectivity index (χ2n) is 5.46. The van der Waals surface area contributed by atoms with E-state index >= 15 is 0 Å². The summed E-state index contributed by atoms with van der Waals surface area (Å²) in [4.78, 5) is 21.3. The van der Waals surface area contributed by atoms with Gasteiger partial charge in [-0.2, -0.15) is 13.2 Å². The highest BCUT2D eigenvalue weighted by molar-refractivity contribution is 9.10. The van der Waals surface area contributed by atoms with Crippen LogP contribution in [0.25, 0.3) is 0 Å². The van der Waals surface area contributed by atoms with Crippen LogP contribution < -0.4 is 4.74 Å². The number of ether oxygens (including phenoxy) is 1. The number of carbonyl (C=O) groups excluding carboxylic acids is 1. The van der Waals surface area contributed by atoms with Crippen molar-refractivity contribution >= 4 is 21.8 Å². The Hall–Kier alpha value is -1.38. The van der Waals surface area contributed by atoms with E-state index in [0.29, 0.717) is 19.7 Å². The second-order valence-corrected chi connectivity index (χ2v) is 6.37. The lowest BCUT2D eigenvalue weighted by Gasteiger charge is -2.32. The summed E-state index contributed by atoms with van der Waals surface area (Å²) < 4.78 is 42.8. The van der Waals surface area contributed by atoms with E-state index in [1.807, 2.05) is 0 Å². The predicted molar refractivity (Wildman–Crippen MR) is 79.8 cm³/mol. The van der Waals surface area contributed by atoms with Gasteiger partial charge in [-0.25, -0.2) is 9.97 Å². The van der Waals surface area contributed by atoms with E-state index < -0.39 is 24.9 Å². The maximum Gasteiger partial charge on any atom is 0.389 e. The molecule has 2 rings (SSSR count). The molecule has 5 nitrogen and oxygen atoms in total. The van der Waals surface area contributed by atoms with Crippen molar-refractivity contribution in [1.82, 2.24) is 14.9 Å². The zero-order valence-corrected chi connectivity index (χ0v) is 13.9. The molecular formula is C14H17BrF3N3O2. The zero-order valence-electron chi connectivity index (χ0n) is 12.4. The van der Waals surface area contributed by atoms with Gasteiger partial charge in [0.25, 0.3) is 0 Å². The van der Waals surface area contributed by atoms with E-state index in [4.69, 9.17) is 4.74 Å². The van der Waals surface area contributed by atoms with Gasteiger partial charge in [0.15, 0.2) is 0 Å². The maximum absolute atomic E-state index is 12.2. The third kappa shape index (κ3) is 6.32. The SMILES string of the molecule is O=C(CCC(F)(F)F)N1CCCC(COc2ncc(Br)cn2)C1. The van der Waals surface area contributed by atoms with Crippen LogP contribution >= 0.6 is 15.9 Å². The largest absolute Gasteiger partial charge is 0.463 e. The quantitative estimate of drug-likeness (QED) is 0.767. The van der Waals surface area contributed by atoms with E-state index in [1.165, 1.54) is 4.90 Å². The van der Waals surface area contributed by atoms with Crippen LogP contribution in [0.2, 0.25) is 0 Å². The third-order valence-corrected chi connectivity index (χ3v) is 3.95. The van der Waals surface area contributed by atoms with Crippen molar-refractivity contribution in [3.63, 3.8) is 0 Å². The molecule has 0 spiro atoms. The number of hydrogen-bond acceptors (Lipinski definition) is 4. The average molecular weight is 396 g/mol. The molecular weight excluding hydrogens is 379 g/mol. The number of hydrogen-bond donors (Lipinski definition) is 0. The molecule has 1 amide bonds. The summed E-state index contributed by atoms with van der Waals surface area (Å²) in [6.45, 7) is 1.25. The first-order chi connectivity index (χ1) is 10.8. The van der Waals surface area contributed by atoms with Gasteiger partial charge in [0.05, 0.1) is 17.5 Å². The molecule has 0 aliphatic carbocycles. The van der Waals surface area contributed by atoms with Crippen LogP contribution in [0.5, 0.6) is 6.01 Å². The third-order valence-electron chi connectivity index (χ3n) is 3.54. The highest BCUT2D eigenvalue weighted by atomic mass is 79.9. The van der Waals surface area contributed by atoms with E-state index in [0.717, 1.165) is 17.3 Å². The molecule has 1 aliphatic rings. The average Bonchev–Trinajstić information content (AvgIpc) is 2.51. The van der Waals surface area contributed by atoms with Gasteiger partial charge in [0.2, 0.25) is 5.91 Å². The highest BCUT2D eigenvalue weighted by Crippen LogP contribution is 2.24. The molecule has 2 heterocycles. The molecule has 23 heavy (non-hydrogen) atoms. The Morgan fingerprint density at radius 3 is 2.74 bits per heavy atom. The van der Waals surface area contributed by atoms with Crippen molar-refractivity contribution in [3.05, 3.63) is 16.9 Å². The van der Waals surface area contributed by atoms with Gasteiger partial charge in [0.1, 0.15) is 0 Å². The fourth-order valence-corrected chi connectivity index (χ4v) is 2.61. The van der Waals surface area contributed by atoms with Crippen molar-refractivity contribution in [2.75, 3.05) is 19.7 Å². The molecule has 1 unspecified atom stereocenters. The Balaban J connectivity index is 1.78. The summed E-state index contributed by atoms with van der Waals surface area (Å²) in [5.74, 6) is -0.377. The zero-order chi connectivity index (χ0) is 16.9. The first kappa shape index (κ1) is 18.0. The summed E-state index contributed by atoms with van der Waals surface area (Å²) in [5.41, 5.74) is 0. The van der Waals surface area contributed by atoms with E-state index in [1.54, 1.807) is 12.4 Å². The van der Waals surface area contributed by atoms with E-state index in [-0.39, 0.29) is 11.9 Å². The van der Waals surface area contributed by atoms with E-state index in [9.17, 15) is 18.0 Å². The first-order valence-corrected chi connectivity index (χ1v) is 8.07. The predicted octanol–water partition coefficient (Wildman–Crippen LogP) is 3.20. The lowest BCUT2D eigenvalue weighted by Crippen LogP contribution is -2.41. The standard InChI is InChI=1S/C14H17BrF3N3O2/c15-11-6-19-13(20-7-11)23-9-10-2-1-5-21(8-10)12(22)3-4-14(16,17)18/h6-7,10H,1-5,8-9H2. The molecule has 1 aromatic heterocycles. The molecule has 1 fully saturated rings. The lowest BCUT2D eigenvalue weighted by molar-refractivity contribution is -0.150. The second kappa shape index (κ2) is 7.94. The van der Waals surface area contributed by atoms with Crippen molar-refractivity contribution in [2.45, 2.75) is 31.9 Å². The maximum atomic E-state index is 12.2. The molecule has 0 radical (unpaired) electrons. The normalized spacial score (nSPS) is 18.8. The molecule has 0 aromatic carbocycles. The molecule has 1 aromatic rings. The molecule has 1 saturated heterocycles. The summed E-state index contributed by atoms with van der Waals surface area (Å²) in [7, 11) is 0. The van der Waals surface area contributed by atoms with Gasteiger partial charge in [-0.1, -0.05) is 0 Å². The monoisotopic (exact) mass is 395 g/mol. The summed E-state index contributed by atoms with van der Waals surface area (Å²) in [6, 6.07) is 0.244. The Morgan fingerprint density at radius 2 is 2.09 bits per heavy atom. The van der Waals surface area contributed by atoms with Crippen LogP contribution in [-0.4, -0.2) is 46.6 Å². The molecule has 9 heteroatoms. The lowest BCUT2D eigenvalue weighted by atomic mass is 9.98. The van der Waals surface area contributed by atoms with Crippen molar-refractivity contribution in [3.8, 4) is 6.01 Å². The Kier molecular flexibility index (Phi) is 6.20. The van der Waals surface area contributed by atoms with Crippen molar-refractivity contribution in [2.24, 2.45) is 5.92 Å². The molecule has 1 aliphatic heterocycles. The molecule has 0 N–H and O–H groups in total. The Morgan fingerprint density at radius 1 is 1.39 bits per heavy atom. The Labute approximate surface area is 140 Å². The van der Waals surface area contributed by atoms with Gasteiger partial charge in [-0.05, 0) is 28.8 Å². The number of amides is 1. The number of piperidine rings is 1. The topological polar surface area (TPSA) is 55.3 Å². The molecule has 128 valence electrons. The fraction of sp³-hybridized carbons (Fsp3) is 0.643. The van der Waals surface area contributed by atoms with Gasteiger partial charge < -0.3 is 9.64 Å². The highest BCUT2D eigenvalue weighted by Gasteiger charge is 2.30. The number of carbonyl (C=O) groups is 1. The first-order valence-electron chi connectivity index (χ1n) is 7.28. The summed E-state index contributed by atoms with van der Waals surface area (Å²) in [5, 5.41) is 0. The summed E-state index contributed by atoms with van der Waals surface area (Å²) in [6.07, 6.45) is -1.12. The number of alkyl halides is 3. The van der Waals surface area contributed by atoms with Crippen LogP contribution in [0.4, 0.5) is 13.2 Å². The number of likely N-dealkylation sites (tertiary alicyclic amines) is 1. The van der Waals surface area contributed by atoms with Crippen LogP contribution in [0, 0.1) is 5.92 Å². The molecule has 0 saturated carbocycles. The number of nitrogens with zero attached hydrogens (tertiary/aromatic N) is 3. The van der Waals surface area contributed by atoms with Gasteiger partial charge in [-0.3, -0.25) is 4.79 Å². The molecule has 0 bridgehead atoms. The van der Waals surface area contributed by atoms with Crippen LogP contribution in [-0.2, 0) is 4.79 Å². The minimum Gasteiger partial charge on any atom is -0.463 e. The van der Waals surface area contributed by atoms with Gasteiger partial charge in [0, 0.05) is 37.8 Å². The van der Waals surface area contributed by atoms with E-state index in [2.05, 4.69) is 25.9 Å². The van der Waals surface area contributed by atoms with Crippen LogP contribution in [0.3, 0.4) is 0 Å². The number of aromatic nitrogens is 2. The van der Waals surface area contributed by atoms with Gasteiger partial charge >= 0.3 is 12.2 Å². The van der Waals surface area contributed by atoms with Gasteiger partial charge in [-0.15, -0.1) is 0 Å².